The first-order valence-electron chi connectivity index (χ1n) is 26.5. The van der Waals surface area contributed by atoms with Crippen molar-refractivity contribution in [3.05, 3.63) is 171 Å². The first-order valence-corrected chi connectivity index (χ1v) is 30.9. The minimum absolute atomic E-state index is 0.0230. The number of Topliss-reactive ketones (excluding diaryl/α,β-unsaturated/α-hetero) is 2. The Bertz CT molecular complexity index is 5410. The molecule has 9 aromatic rings. The lowest BCUT2D eigenvalue weighted by Gasteiger charge is -2.24. The molecule has 4 aromatic carbocycles. The van der Waals surface area contributed by atoms with Crippen molar-refractivity contribution in [1.29, 1.82) is 42.1 Å². The van der Waals surface area contributed by atoms with E-state index >= 15 is 0 Å². The minimum atomic E-state index is -0.504. The molecule has 5 aliphatic rings. The maximum atomic E-state index is 14.1. The normalized spacial score (nSPS) is 16.0. The predicted octanol–water partition coefficient (Wildman–Crippen LogP) is 15.8. The van der Waals surface area contributed by atoms with E-state index < -0.39 is 27.8 Å². The van der Waals surface area contributed by atoms with E-state index in [1.807, 2.05) is 54.6 Å². The van der Waals surface area contributed by atoms with Gasteiger partial charge >= 0.3 is 0 Å². The van der Waals surface area contributed by atoms with Crippen LogP contribution < -0.4 is 5.73 Å². The van der Waals surface area contributed by atoms with Crippen LogP contribution >= 0.6 is 57.1 Å². The number of carbonyl (C=O) groups is 2. The van der Waals surface area contributed by atoms with Gasteiger partial charge in [0.1, 0.15) is 76.4 Å². The molecule has 0 atom stereocenters. The molecule has 14 rings (SSSR count). The number of carbonyl (C=O) groups excluding carboxylic acids is 2. The molecule has 87 heavy (non-hydrogen) atoms. The molecular weight excluding hydrogens is 1200 g/mol. The molecule has 14 nitrogen and oxygen atoms in total. The van der Waals surface area contributed by atoms with Crippen molar-refractivity contribution in [2.45, 2.75) is 57.8 Å². The Balaban J connectivity index is 0.822. The van der Waals surface area contributed by atoms with Gasteiger partial charge in [0.25, 0.3) is 0 Å². The lowest BCUT2D eigenvalue weighted by atomic mass is 9.79. The second kappa shape index (κ2) is 18.8. The third-order valence-electron chi connectivity index (χ3n) is 17.5. The van der Waals surface area contributed by atoms with Gasteiger partial charge in [0, 0.05) is 112 Å². The standard InChI is InChI=1S/C67H32N12O2S6/c1-65(2)43-16-40-44(15-39(43)61-45(65)13-33(83-61)11-41-51(31(23-72)24-73)35-7-27(19-68)29(21-70)9-37(35)59(41)80)66(3,4)47-17-50(85-62(40)47)54-56(77-82)55(76)53(57-58(54)79-87-78-57)49-18-48-64(86-49)63-46(67(48,5)6)14-34(84-63)12-42-52(32(25-74)26-75)36-8-28(20-69)30(22-71)10-38(36)60(42)81/h7-18H,76H2,1-6H3/b41-11-,42-12-. The smallest absolute Gasteiger partial charge is 0.194 e. The Kier molecular flexibility index (Phi) is 11.8. The largest absolute Gasteiger partial charge is 0.396 e. The van der Waals surface area contributed by atoms with E-state index in [0.29, 0.717) is 38.4 Å². The number of hydrogen-bond acceptors (Lipinski definition) is 20. The molecule has 0 spiro atoms. The highest BCUT2D eigenvalue weighted by Crippen LogP contribution is 2.63. The molecule has 408 valence electrons. The van der Waals surface area contributed by atoms with Crippen LogP contribution in [-0.4, -0.2) is 20.3 Å². The van der Waals surface area contributed by atoms with Crippen LogP contribution in [0.4, 0.5) is 11.4 Å². The van der Waals surface area contributed by atoms with Gasteiger partial charge in [0.05, 0.1) is 39.7 Å². The van der Waals surface area contributed by atoms with Crippen LogP contribution in [0.3, 0.4) is 0 Å². The maximum Gasteiger partial charge on any atom is 0.194 e. The molecule has 5 aliphatic carbocycles. The Hall–Kier alpha value is -10.5. The zero-order chi connectivity index (χ0) is 61.2. The number of nitrogens with zero attached hydrogens (tertiary/aromatic N) is 11. The van der Waals surface area contributed by atoms with Gasteiger partial charge in [-0.05, 0) is 128 Å². The molecule has 0 saturated carbocycles. The number of nitrogen functional groups attached to an aromatic ring is 1. The van der Waals surface area contributed by atoms with Gasteiger partial charge in [0.2, 0.25) is 0 Å². The number of rotatable bonds is 5. The van der Waals surface area contributed by atoms with Gasteiger partial charge in [-0.3, -0.25) is 9.59 Å². The number of ketones is 2. The molecule has 0 amide bonds. The van der Waals surface area contributed by atoms with Crippen molar-refractivity contribution < 1.29 is 9.59 Å². The molecule has 0 fully saturated rings. The number of fused-ring (bicyclic) bond motifs is 12. The summed E-state index contributed by atoms with van der Waals surface area (Å²) in [5.74, 6) is -0.889. The van der Waals surface area contributed by atoms with E-state index in [2.05, 4.69) is 76.2 Å². The monoisotopic (exact) mass is 1230 g/mol. The zero-order valence-electron chi connectivity index (χ0n) is 46.2. The average molecular weight is 1230 g/mol. The number of benzene rings is 4. The quantitative estimate of drug-likeness (QED) is 0.0952. The number of nitrogens with two attached hydrogens (primary N) is 1. The molecule has 2 N–H and O–H groups in total. The Morgan fingerprint density at radius 1 is 0.483 bits per heavy atom. The summed E-state index contributed by atoms with van der Waals surface area (Å²) in [5, 5.41) is 79.3. The highest BCUT2D eigenvalue weighted by molar-refractivity contribution is 7.47. The number of thiophene rings is 4. The molecular formula is C67H32N12O2S6. The molecule has 0 aliphatic heterocycles. The van der Waals surface area contributed by atoms with Crippen LogP contribution in [0.15, 0.2) is 87.3 Å². The van der Waals surface area contributed by atoms with Gasteiger partial charge in [-0.1, -0.05) is 41.5 Å². The molecule has 0 radical (unpaired) electrons. The van der Waals surface area contributed by atoms with E-state index in [0.717, 1.165) is 90.4 Å². The van der Waals surface area contributed by atoms with Crippen LogP contribution in [0.2, 0.25) is 0 Å². The van der Waals surface area contributed by atoms with E-state index in [-0.39, 0.29) is 77.9 Å². The summed E-state index contributed by atoms with van der Waals surface area (Å²) in [7, 11) is 0. The fourth-order valence-corrected chi connectivity index (χ4v) is 19.4. The third kappa shape index (κ3) is 7.24. The summed E-state index contributed by atoms with van der Waals surface area (Å²) < 4.78 is 14.3. The second-order valence-electron chi connectivity index (χ2n) is 22.9. The molecule has 5 heterocycles. The highest BCUT2D eigenvalue weighted by Gasteiger charge is 2.46. The second-order valence-corrected chi connectivity index (χ2v) is 27.9. The average Bonchev–Trinajstić information content (AvgIpc) is 1.56. The summed E-state index contributed by atoms with van der Waals surface area (Å²) in [6.07, 6.45) is 3.40. The topological polar surface area (TPSA) is 289 Å². The summed E-state index contributed by atoms with van der Waals surface area (Å²) in [6.45, 7) is 13.1. The van der Waals surface area contributed by atoms with Gasteiger partial charge in [0.15, 0.2) is 11.6 Å². The van der Waals surface area contributed by atoms with Crippen LogP contribution in [0.1, 0.15) is 139 Å². The summed E-state index contributed by atoms with van der Waals surface area (Å²) in [4.78, 5) is 35.6. The minimum Gasteiger partial charge on any atom is -0.396 e. The summed E-state index contributed by atoms with van der Waals surface area (Å²) in [5.41, 5.74) is 19.0. The Morgan fingerprint density at radius 2 is 0.851 bits per heavy atom. The molecule has 0 saturated heterocycles. The molecule has 0 unspecified atom stereocenters. The SMILES string of the molecule is CC1(C)c2cc3c(cc2-c2sc(/C=C4\C(=O)c5cc(C#N)c(C#N)cc5C4=C(C#N)C#N)cc21)C(C)(C)c1cc(-c2c(N=S)c(N)c(-c4cc5c(s4)-c4sc(/C=C6\C(=O)c7cc(C#N)c(C#N)cc7C6=C(C#N)C#N)cc4C5(C)C)c4nsnc24)sc1-3. The zero-order valence-corrected chi connectivity index (χ0v) is 51.1. The predicted molar refractivity (Wildman–Crippen MR) is 339 cm³/mol. The van der Waals surface area contributed by atoms with Crippen LogP contribution in [0.25, 0.3) is 85.8 Å². The van der Waals surface area contributed by atoms with E-state index in [9.17, 15) is 51.7 Å². The fraction of sp³-hybridized carbons (Fsp3) is 0.134. The van der Waals surface area contributed by atoms with Crippen molar-refractivity contribution in [2.24, 2.45) is 4.36 Å². The van der Waals surface area contributed by atoms with Crippen molar-refractivity contribution in [3.8, 4) is 100 Å². The Morgan fingerprint density at radius 3 is 1.31 bits per heavy atom. The highest BCUT2D eigenvalue weighted by atomic mass is 32.1. The van der Waals surface area contributed by atoms with Crippen molar-refractivity contribution in [2.75, 3.05) is 5.73 Å². The number of hydrogen-bond donors (Lipinski definition) is 1. The van der Waals surface area contributed by atoms with Crippen LogP contribution in [0.5, 0.6) is 0 Å². The van der Waals surface area contributed by atoms with E-state index in [1.54, 1.807) is 34.8 Å². The molecule has 0 bridgehead atoms. The van der Waals surface area contributed by atoms with Gasteiger partial charge < -0.3 is 5.73 Å². The van der Waals surface area contributed by atoms with Crippen molar-refractivity contribution in [3.63, 3.8) is 0 Å². The number of aromatic nitrogens is 2. The molecule has 5 aromatic heterocycles. The first kappa shape index (κ1) is 54.5. The van der Waals surface area contributed by atoms with Gasteiger partial charge in [-0.15, -0.1) is 45.3 Å². The van der Waals surface area contributed by atoms with Gasteiger partial charge in [-0.2, -0.15) is 55.2 Å². The Labute approximate surface area is 521 Å². The lowest BCUT2D eigenvalue weighted by Crippen LogP contribution is -2.16. The summed E-state index contributed by atoms with van der Waals surface area (Å²) in [6, 6.07) is 34.2. The van der Waals surface area contributed by atoms with Crippen molar-refractivity contribution in [1.82, 2.24) is 8.75 Å². The fourth-order valence-electron chi connectivity index (χ4n) is 13.2. The number of anilines is 1. The molecule has 20 heteroatoms. The number of allylic oxidation sites excluding steroid dienone is 6. The maximum absolute atomic E-state index is 14.1. The summed E-state index contributed by atoms with van der Waals surface area (Å²) >= 11 is 12.9. The van der Waals surface area contributed by atoms with Gasteiger partial charge in [-0.25, -0.2) is 0 Å². The lowest BCUT2D eigenvalue weighted by molar-refractivity contribution is 0.103. The first-order chi connectivity index (χ1) is 41.7. The van der Waals surface area contributed by atoms with Crippen LogP contribution in [-0.2, 0) is 28.7 Å². The van der Waals surface area contributed by atoms with Crippen LogP contribution in [0, 0.1) is 90.6 Å². The number of nitriles is 8. The van der Waals surface area contributed by atoms with E-state index in [1.165, 1.54) is 46.9 Å². The third-order valence-corrected chi connectivity index (χ3v) is 23.0. The van der Waals surface area contributed by atoms with Crippen molar-refractivity contribution >= 4 is 127 Å². The van der Waals surface area contributed by atoms with E-state index in [4.69, 9.17) is 26.9 Å².